The van der Waals surface area contributed by atoms with E-state index in [1.165, 1.54) is 193 Å². The van der Waals surface area contributed by atoms with E-state index < -0.39 is 49.5 Å². The number of carbonyl (C=O) groups excluding carboxylic acids is 2. The van der Waals surface area contributed by atoms with Crippen LogP contribution in [-0.4, -0.2) is 100 Å². The van der Waals surface area contributed by atoms with Gasteiger partial charge in [0.25, 0.3) is 0 Å². The summed E-state index contributed by atoms with van der Waals surface area (Å²) in [4.78, 5) is 25.1. The van der Waals surface area contributed by atoms with Crippen molar-refractivity contribution in [2.75, 3.05) is 19.8 Å². The van der Waals surface area contributed by atoms with Crippen molar-refractivity contribution < 1.29 is 49.3 Å². The first kappa shape index (κ1) is 76.1. The number of allylic oxidation sites excluding steroid dienone is 11. The number of unbranched alkanes of at least 4 members (excludes halogenated alkanes) is 34. The van der Waals surface area contributed by atoms with E-state index in [4.69, 9.17) is 14.2 Å². The molecular formula is C70H125NO10. The Hall–Kier alpha value is -2.90. The number of aliphatic hydroxyl groups excluding tert-OH is 5. The standard InChI is InChI=1S/C70H125NO10/c1-3-5-7-9-11-13-15-16-35-38-42-46-50-54-58-66(75)79-59-55-51-47-43-39-36-33-31-29-27-25-23-21-19-17-18-20-22-24-26-28-30-32-34-37-41-45-49-53-57-65(74)71-62(61-80-70-69(78)68(77)67(76)64(60-72)81-70)63(73)56-52-48-44-40-14-12-10-8-6-4-2/h9,11,14-17,19,23,25,40,52,56,62-64,67-70,72-73,76-78H,3-8,10,12-13,18,20-22,24,26-39,41-51,53-55,57-61H2,1-2H3,(H,71,74)/b11-9-,16-15-,19-17-,25-23-,40-14+,56-52+. The van der Waals surface area contributed by atoms with Crippen molar-refractivity contribution in [1.29, 1.82) is 0 Å². The summed E-state index contributed by atoms with van der Waals surface area (Å²) in [5.41, 5.74) is 0. The highest BCUT2D eigenvalue weighted by atomic mass is 16.7. The predicted molar refractivity (Wildman–Crippen MR) is 338 cm³/mol. The van der Waals surface area contributed by atoms with Crippen molar-refractivity contribution in [2.45, 2.75) is 339 Å². The van der Waals surface area contributed by atoms with Gasteiger partial charge < -0.3 is 45.1 Å². The fraction of sp³-hybridized carbons (Fsp3) is 0.800. The Morgan fingerprint density at radius 2 is 0.852 bits per heavy atom. The van der Waals surface area contributed by atoms with E-state index in [2.05, 4.69) is 79.9 Å². The van der Waals surface area contributed by atoms with Crippen LogP contribution in [-0.2, 0) is 23.8 Å². The van der Waals surface area contributed by atoms with Gasteiger partial charge in [-0.2, -0.15) is 0 Å². The first-order chi connectivity index (χ1) is 39.7. The average Bonchev–Trinajstić information content (AvgIpc) is 3.47. The quantitative estimate of drug-likeness (QED) is 0.0195. The molecule has 0 saturated carbocycles. The van der Waals surface area contributed by atoms with E-state index in [1.807, 2.05) is 6.08 Å². The van der Waals surface area contributed by atoms with Gasteiger partial charge in [-0.3, -0.25) is 9.59 Å². The third kappa shape index (κ3) is 48.1. The summed E-state index contributed by atoms with van der Waals surface area (Å²) in [5.74, 6) is -0.208. The van der Waals surface area contributed by atoms with E-state index >= 15 is 0 Å². The number of hydrogen-bond donors (Lipinski definition) is 6. The van der Waals surface area contributed by atoms with Gasteiger partial charge >= 0.3 is 5.97 Å². The molecule has 1 aliphatic heterocycles. The van der Waals surface area contributed by atoms with E-state index in [0.29, 0.717) is 19.4 Å². The number of aliphatic hydroxyl groups is 5. The van der Waals surface area contributed by atoms with E-state index in [1.54, 1.807) is 6.08 Å². The van der Waals surface area contributed by atoms with Gasteiger partial charge in [0.2, 0.25) is 5.91 Å². The number of rotatable bonds is 58. The second kappa shape index (κ2) is 58.9. The lowest BCUT2D eigenvalue weighted by Gasteiger charge is -2.40. The van der Waals surface area contributed by atoms with Crippen LogP contribution in [0.25, 0.3) is 0 Å². The topological polar surface area (TPSA) is 175 Å². The van der Waals surface area contributed by atoms with Gasteiger partial charge in [0.15, 0.2) is 6.29 Å². The van der Waals surface area contributed by atoms with Crippen LogP contribution in [0.15, 0.2) is 72.9 Å². The van der Waals surface area contributed by atoms with Crippen molar-refractivity contribution in [2.24, 2.45) is 0 Å². The Balaban J connectivity index is 1.97. The van der Waals surface area contributed by atoms with Gasteiger partial charge in [0.1, 0.15) is 24.4 Å². The highest BCUT2D eigenvalue weighted by Crippen LogP contribution is 2.23. The summed E-state index contributed by atoms with van der Waals surface area (Å²) in [6, 6.07) is -0.829. The molecule has 0 bridgehead atoms. The third-order valence-corrected chi connectivity index (χ3v) is 15.5. The lowest BCUT2D eigenvalue weighted by atomic mass is 9.99. The molecular weight excluding hydrogens is 1010 g/mol. The normalized spacial score (nSPS) is 18.7. The lowest BCUT2D eigenvalue weighted by molar-refractivity contribution is -0.302. The van der Waals surface area contributed by atoms with E-state index in [0.717, 1.165) is 77.0 Å². The number of carbonyl (C=O) groups is 2. The minimum absolute atomic E-state index is 0.0124. The molecule has 470 valence electrons. The number of esters is 1. The molecule has 11 heteroatoms. The zero-order chi connectivity index (χ0) is 58.7. The molecule has 1 heterocycles. The van der Waals surface area contributed by atoms with Crippen molar-refractivity contribution in [1.82, 2.24) is 5.32 Å². The van der Waals surface area contributed by atoms with Crippen LogP contribution in [0.1, 0.15) is 296 Å². The monoisotopic (exact) mass is 1140 g/mol. The largest absolute Gasteiger partial charge is 0.466 e. The maximum Gasteiger partial charge on any atom is 0.305 e. The molecule has 1 rings (SSSR count). The Morgan fingerprint density at radius 3 is 1.33 bits per heavy atom. The zero-order valence-electron chi connectivity index (χ0n) is 52.0. The molecule has 0 aromatic carbocycles. The molecule has 0 aromatic rings. The first-order valence-corrected chi connectivity index (χ1v) is 33.7. The minimum Gasteiger partial charge on any atom is -0.466 e. The van der Waals surface area contributed by atoms with Crippen molar-refractivity contribution in [3.8, 4) is 0 Å². The average molecular weight is 1140 g/mol. The number of nitrogens with one attached hydrogen (secondary N) is 1. The summed E-state index contributed by atoms with van der Waals surface area (Å²) in [6.07, 6.45) is 68.9. The molecule has 0 aromatic heterocycles. The molecule has 1 amide bonds. The van der Waals surface area contributed by atoms with Crippen LogP contribution in [0.3, 0.4) is 0 Å². The Labute approximate surface area is 496 Å². The van der Waals surface area contributed by atoms with Crippen LogP contribution in [0.4, 0.5) is 0 Å². The van der Waals surface area contributed by atoms with Gasteiger partial charge in [-0.15, -0.1) is 0 Å². The highest BCUT2D eigenvalue weighted by Gasteiger charge is 2.44. The van der Waals surface area contributed by atoms with Gasteiger partial charge in [-0.05, 0) is 103 Å². The van der Waals surface area contributed by atoms with Gasteiger partial charge in [0.05, 0.1) is 32.0 Å². The fourth-order valence-corrected chi connectivity index (χ4v) is 10.1. The van der Waals surface area contributed by atoms with Crippen LogP contribution in [0.5, 0.6) is 0 Å². The summed E-state index contributed by atoms with van der Waals surface area (Å²) in [7, 11) is 0. The van der Waals surface area contributed by atoms with Crippen LogP contribution >= 0.6 is 0 Å². The lowest BCUT2D eigenvalue weighted by Crippen LogP contribution is -2.60. The highest BCUT2D eigenvalue weighted by molar-refractivity contribution is 5.76. The molecule has 1 saturated heterocycles. The molecule has 81 heavy (non-hydrogen) atoms. The van der Waals surface area contributed by atoms with Crippen LogP contribution in [0, 0.1) is 0 Å². The smallest absolute Gasteiger partial charge is 0.305 e. The van der Waals surface area contributed by atoms with Gasteiger partial charge in [-0.1, -0.05) is 254 Å². The van der Waals surface area contributed by atoms with Crippen molar-refractivity contribution in [3.05, 3.63) is 72.9 Å². The number of ether oxygens (including phenoxy) is 3. The van der Waals surface area contributed by atoms with E-state index in [9.17, 15) is 35.1 Å². The van der Waals surface area contributed by atoms with Gasteiger partial charge in [-0.25, -0.2) is 0 Å². The van der Waals surface area contributed by atoms with Crippen LogP contribution < -0.4 is 5.32 Å². The third-order valence-electron chi connectivity index (χ3n) is 15.5. The molecule has 0 aliphatic carbocycles. The molecule has 6 N–H and O–H groups in total. The van der Waals surface area contributed by atoms with Crippen molar-refractivity contribution >= 4 is 11.9 Å². The van der Waals surface area contributed by atoms with E-state index in [-0.39, 0.29) is 18.5 Å². The Bertz CT molecular complexity index is 1580. The predicted octanol–water partition coefficient (Wildman–Crippen LogP) is 16.7. The summed E-state index contributed by atoms with van der Waals surface area (Å²) in [6.45, 7) is 4.25. The zero-order valence-corrected chi connectivity index (χ0v) is 52.0. The molecule has 0 spiro atoms. The molecule has 0 radical (unpaired) electrons. The summed E-state index contributed by atoms with van der Waals surface area (Å²) in [5, 5.41) is 54.3. The molecule has 11 nitrogen and oxygen atoms in total. The maximum absolute atomic E-state index is 13.0. The number of hydrogen-bond acceptors (Lipinski definition) is 10. The summed E-state index contributed by atoms with van der Waals surface area (Å²) >= 11 is 0. The SMILES string of the molecule is CCCC/C=C\C/C=C\CCCCCCCC(=O)OCCCCCCCCCCC/C=C\C/C=C\CCCCCCCCCCCCCCCC(=O)NC(COC1OC(CO)C(O)C(O)C1O)C(O)/C=C/CC/C=C/CCCCCC. The van der Waals surface area contributed by atoms with Crippen LogP contribution in [0.2, 0.25) is 0 Å². The fourth-order valence-electron chi connectivity index (χ4n) is 10.1. The molecule has 7 atom stereocenters. The minimum atomic E-state index is -1.58. The second-order valence-corrected chi connectivity index (χ2v) is 23.2. The Morgan fingerprint density at radius 1 is 0.457 bits per heavy atom. The maximum atomic E-state index is 13.0. The summed E-state index contributed by atoms with van der Waals surface area (Å²) < 4.78 is 16.7. The first-order valence-electron chi connectivity index (χ1n) is 33.7. The second-order valence-electron chi connectivity index (χ2n) is 23.2. The van der Waals surface area contributed by atoms with Gasteiger partial charge in [0, 0.05) is 12.8 Å². The Kier molecular flexibility index (Phi) is 55.3. The molecule has 7 unspecified atom stereocenters. The van der Waals surface area contributed by atoms with Crippen molar-refractivity contribution in [3.63, 3.8) is 0 Å². The molecule has 1 fully saturated rings. The molecule has 1 aliphatic rings. The number of amides is 1.